The fraction of sp³-hybridized carbons (Fsp3) is 0.476. The summed E-state index contributed by atoms with van der Waals surface area (Å²) in [6.45, 7) is 8.28. The number of nitrogens with one attached hydrogen (secondary N) is 1. The number of pyridine rings is 2. The number of aromatic nitrogens is 4. The van der Waals surface area contributed by atoms with Crippen LogP contribution in [0.3, 0.4) is 0 Å². The van der Waals surface area contributed by atoms with Gasteiger partial charge in [0.1, 0.15) is 17.2 Å². The molecule has 3 aromatic heterocycles. The molecule has 148 valence electrons. The Kier molecular flexibility index (Phi) is 4.79. The summed E-state index contributed by atoms with van der Waals surface area (Å²) in [7, 11) is 0. The molecule has 4 rings (SSSR count). The second-order valence-electron chi connectivity index (χ2n) is 8.71. The topological polar surface area (TPSA) is 83.7 Å². The average molecular weight is 382 g/mol. The van der Waals surface area contributed by atoms with Gasteiger partial charge in [0.25, 0.3) is 0 Å². The van der Waals surface area contributed by atoms with Crippen molar-refractivity contribution in [3.8, 4) is 11.4 Å². The lowest BCUT2D eigenvalue weighted by molar-refractivity contribution is 0.214. The van der Waals surface area contributed by atoms with Crippen LogP contribution in [-0.2, 0) is 0 Å². The maximum Gasteiger partial charge on any atom is 0.155 e. The van der Waals surface area contributed by atoms with Crippen molar-refractivity contribution < 1.29 is 4.39 Å². The molecular weight excluding hydrogens is 355 g/mol. The number of piperidine rings is 1. The van der Waals surface area contributed by atoms with E-state index < -0.39 is 0 Å². The summed E-state index contributed by atoms with van der Waals surface area (Å²) in [6.07, 6.45) is 3.84. The monoisotopic (exact) mass is 382 g/mol. The first-order valence-electron chi connectivity index (χ1n) is 9.81. The van der Waals surface area contributed by atoms with Crippen LogP contribution in [0, 0.1) is 17.2 Å². The first-order chi connectivity index (χ1) is 13.3. The summed E-state index contributed by atoms with van der Waals surface area (Å²) in [4.78, 5) is 11.1. The van der Waals surface area contributed by atoms with Gasteiger partial charge in [-0.1, -0.05) is 20.8 Å². The van der Waals surface area contributed by atoms with Gasteiger partial charge in [-0.2, -0.15) is 5.10 Å². The molecule has 2 unspecified atom stereocenters. The summed E-state index contributed by atoms with van der Waals surface area (Å²) in [5.41, 5.74) is 7.94. The minimum atomic E-state index is -0.388. The van der Waals surface area contributed by atoms with Gasteiger partial charge in [-0.25, -0.2) is 14.4 Å². The lowest BCUT2D eigenvalue weighted by Gasteiger charge is -2.41. The van der Waals surface area contributed by atoms with Crippen molar-refractivity contribution in [3.63, 3.8) is 0 Å². The van der Waals surface area contributed by atoms with E-state index in [0.29, 0.717) is 17.3 Å². The Morgan fingerprint density at radius 2 is 2.07 bits per heavy atom. The van der Waals surface area contributed by atoms with Crippen LogP contribution >= 0.6 is 0 Å². The van der Waals surface area contributed by atoms with Crippen LogP contribution in [-0.4, -0.2) is 39.3 Å². The molecular formula is C21H27FN6. The first-order valence-corrected chi connectivity index (χ1v) is 9.81. The molecule has 3 aromatic rings. The summed E-state index contributed by atoms with van der Waals surface area (Å²) in [6, 6.07) is 7.01. The molecule has 28 heavy (non-hydrogen) atoms. The van der Waals surface area contributed by atoms with E-state index in [2.05, 4.69) is 45.8 Å². The molecule has 7 heteroatoms. The van der Waals surface area contributed by atoms with Crippen molar-refractivity contribution in [2.45, 2.75) is 39.7 Å². The van der Waals surface area contributed by atoms with Crippen LogP contribution < -0.4 is 10.6 Å². The van der Waals surface area contributed by atoms with Gasteiger partial charge in [0.15, 0.2) is 11.5 Å². The predicted octanol–water partition coefficient (Wildman–Crippen LogP) is 3.75. The zero-order chi connectivity index (χ0) is 19.9. The molecule has 3 N–H and O–H groups in total. The number of rotatable bonds is 3. The van der Waals surface area contributed by atoms with E-state index in [-0.39, 0.29) is 23.0 Å². The van der Waals surface area contributed by atoms with E-state index in [9.17, 15) is 4.39 Å². The fourth-order valence-corrected chi connectivity index (χ4v) is 4.03. The summed E-state index contributed by atoms with van der Waals surface area (Å²) in [5, 5.41) is 7.87. The van der Waals surface area contributed by atoms with Gasteiger partial charge < -0.3 is 10.6 Å². The minimum Gasteiger partial charge on any atom is -0.356 e. The third-order valence-electron chi connectivity index (χ3n) is 5.68. The molecule has 1 aliphatic rings. The van der Waals surface area contributed by atoms with E-state index in [4.69, 9.17) is 5.73 Å². The molecule has 0 amide bonds. The lowest BCUT2D eigenvalue weighted by atomic mass is 9.76. The summed E-state index contributed by atoms with van der Waals surface area (Å²) in [5.74, 6) is 0.766. The van der Waals surface area contributed by atoms with Gasteiger partial charge >= 0.3 is 0 Å². The van der Waals surface area contributed by atoms with E-state index in [1.807, 2.05) is 12.1 Å². The van der Waals surface area contributed by atoms with Crippen molar-refractivity contribution in [1.29, 1.82) is 0 Å². The number of halogens is 1. The van der Waals surface area contributed by atoms with Gasteiger partial charge in [-0.05, 0) is 48.4 Å². The normalized spacial score (nSPS) is 19.2. The highest BCUT2D eigenvalue weighted by Gasteiger charge is 2.32. The van der Waals surface area contributed by atoms with Gasteiger partial charge in [0, 0.05) is 30.7 Å². The minimum absolute atomic E-state index is 0.0516. The predicted molar refractivity (Wildman–Crippen MR) is 109 cm³/mol. The Morgan fingerprint density at radius 3 is 2.86 bits per heavy atom. The molecule has 6 nitrogen and oxygen atoms in total. The van der Waals surface area contributed by atoms with E-state index >= 15 is 0 Å². The van der Waals surface area contributed by atoms with Gasteiger partial charge in [-0.3, -0.25) is 5.10 Å². The molecule has 0 aromatic carbocycles. The lowest BCUT2D eigenvalue weighted by Crippen LogP contribution is -2.49. The van der Waals surface area contributed by atoms with Gasteiger partial charge in [0.05, 0.1) is 0 Å². The zero-order valence-electron chi connectivity index (χ0n) is 16.6. The number of aromatic amines is 1. The number of anilines is 1. The zero-order valence-corrected chi connectivity index (χ0v) is 16.6. The van der Waals surface area contributed by atoms with E-state index in [1.54, 1.807) is 12.3 Å². The van der Waals surface area contributed by atoms with E-state index in [0.717, 1.165) is 37.1 Å². The summed E-state index contributed by atoms with van der Waals surface area (Å²) >= 11 is 0. The Bertz CT molecular complexity index is 976. The van der Waals surface area contributed by atoms with Crippen molar-refractivity contribution in [2.24, 2.45) is 17.1 Å². The molecule has 1 saturated heterocycles. The van der Waals surface area contributed by atoms with Gasteiger partial charge in [-0.15, -0.1) is 0 Å². The van der Waals surface area contributed by atoms with E-state index in [1.165, 1.54) is 6.07 Å². The highest BCUT2D eigenvalue weighted by atomic mass is 19.1. The maximum absolute atomic E-state index is 14.6. The number of hydrogen-bond acceptors (Lipinski definition) is 5. The molecule has 4 heterocycles. The molecule has 0 aliphatic carbocycles. The fourth-order valence-electron chi connectivity index (χ4n) is 4.03. The smallest absolute Gasteiger partial charge is 0.155 e. The van der Waals surface area contributed by atoms with Crippen molar-refractivity contribution in [2.75, 3.05) is 18.0 Å². The number of H-pyrrole nitrogens is 1. The molecule has 0 bridgehead atoms. The van der Waals surface area contributed by atoms with Gasteiger partial charge in [0.2, 0.25) is 0 Å². The van der Waals surface area contributed by atoms with Crippen LogP contribution in [0.1, 0.15) is 33.6 Å². The SMILES string of the molecule is CC(C)(C)C(N)C1CCCN(c2ccc(F)c(-c3n[nH]c4ncccc34)n2)C1. The molecule has 1 aliphatic heterocycles. The second-order valence-corrected chi connectivity index (χ2v) is 8.71. The Labute approximate surface area is 164 Å². The Morgan fingerprint density at radius 1 is 1.25 bits per heavy atom. The third-order valence-corrected chi connectivity index (χ3v) is 5.68. The highest BCUT2D eigenvalue weighted by Crippen LogP contribution is 2.32. The Balaban J connectivity index is 1.65. The number of fused-ring (bicyclic) bond motifs is 1. The number of nitrogens with two attached hydrogens (primary N) is 1. The molecule has 0 spiro atoms. The van der Waals surface area contributed by atoms with Crippen LogP contribution in [0.5, 0.6) is 0 Å². The van der Waals surface area contributed by atoms with Crippen molar-refractivity contribution in [1.82, 2.24) is 20.2 Å². The van der Waals surface area contributed by atoms with Crippen molar-refractivity contribution in [3.05, 3.63) is 36.3 Å². The number of nitrogens with zero attached hydrogens (tertiary/aromatic N) is 4. The van der Waals surface area contributed by atoms with Crippen LogP contribution in [0.2, 0.25) is 0 Å². The quantitative estimate of drug-likeness (QED) is 0.721. The second kappa shape index (κ2) is 7.13. The van der Waals surface area contributed by atoms with Crippen LogP contribution in [0.4, 0.5) is 10.2 Å². The first kappa shape index (κ1) is 18.8. The standard InChI is InChI=1S/C21H27FN6/c1-21(2,3)19(23)13-6-5-11-28(12-13)16-9-8-15(22)18(25-16)17-14-7-4-10-24-20(14)27-26-17/h4,7-10,13,19H,5-6,11-12,23H2,1-3H3,(H,24,26,27). The third kappa shape index (κ3) is 3.46. The summed E-state index contributed by atoms with van der Waals surface area (Å²) < 4.78 is 14.6. The Hall–Kier alpha value is -2.54. The van der Waals surface area contributed by atoms with Crippen molar-refractivity contribution >= 4 is 16.9 Å². The largest absolute Gasteiger partial charge is 0.356 e. The van der Waals surface area contributed by atoms with Crippen LogP contribution in [0.15, 0.2) is 30.5 Å². The maximum atomic E-state index is 14.6. The molecule has 0 radical (unpaired) electrons. The molecule has 2 atom stereocenters. The van der Waals surface area contributed by atoms with Crippen LogP contribution in [0.25, 0.3) is 22.4 Å². The highest BCUT2D eigenvalue weighted by molar-refractivity contribution is 5.89. The average Bonchev–Trinajstić information content (AvgIpc) is 3.11. The molecule has 1 fully saturated rings. The number of hydrogen-bond donors (Lipinski definition) is 2. The molecule has 0 saturated carbocycles.